The first-order valence-electron chi connectivity index (χ1n) is 9.16. The predicted molar refractivity (Wildman–Crippen MR) is 114 cm³/mol. The molecule has 30 heavy (non-hydrogen) atoms. The first-order valence-corrected chi connectivity index (χ1v) is 9.95. The van der Waals surface area contributed by atoms with Crippen LogP contribution in [0.15, 0.2) is 63.7 Å². The molecule has 0 fully saturated rings. The van der Waals surface area contributed by atoms with Gasteiger partial charge in [0, 0.05) is 23.5 Å². The molecule has 2 amide bonds. The minimum Gasteiger partial charge on any atom is -0.465 e. The molecule has 0 radical (unpaired) electrons. The molecule has 0 aliphatic carbocycles. The average Bonchev–Trinajstić information content (AvgIpc) is 3.38. The van der Waals surface area contributed by atoms with Crippen LogP contribution in [0.4, 0.5) is 11.4 Å². The van der Waals surface area contributed by atoms with Gasteiger partial charge in [0.15, 0.2) is 10.4 Å². The number of furan rings is 1. The molecule has 1 aliphatic rings. The van der Waals surface area contributed by atoms with Crippen molar-refractivity contribution in [3.63, 3.8) is 0 Å². The lowest BCUT2D eigenvalue weighted by Crippen LogP contribution is -2.29. The highest BCUT2D eigenvalue weighted by atomic mass is 79.9. The van der Waals surface area contributed by atoms with E-state index >= 15 is 0 Å². The molecule has 4 rings (SSSR count). The second-order valence-corrected chi connectivity index (χ2v) is 7.46. The van der Waals surface area contributed by atoms with Gasteiger partial charge in [-0.15, -0.1) is 0 Å². The van der Waals surface area contributed by atoms with Gasteiger partial charge in [0.05, 0.1) is 12.7 Å². The number of carbonyl (C=O) groups excluding carboxylic acids is 3. The molecule has 2 aromatic carbocycles. The minimum atomic E-state index is -0.410. The molecule has 2 heterocycles. The Balaban J connectivity index is 1.53. The van der Waals surface area contributed by atoms with Crippen molar-refractivity contribution < 1.29 is 23.5 Å². The summed E-state index contributed by atoms with van der Waals surface area (Å²) in [6.07, 6.45) is 0.649. The smallest absolute Gasteiger partial charge is 0.337 e. The number of carbonyl (C=O) groups is 3. The van der Waals surface area contributed by atoms with E-state index in [9.17, 15) is 14.4 Å². The van der Waals surface area contributed by atoms with E-state index in [0.717, 1.165) is 11.3 Å². The lowest BCUT2D eigenvalue weighted by molar-refractivity contribution is 0.0600. The van der Waals surface area contributed by atoms with Crippen LogP contribution in [0.25, 0.3) is 0 Å². The predicted octanol–water partition coefficient (Wildman–Crippen LogP) is 4.28. The van der Waals surface area contributed by atoms with E-state index < -0.39 is 11.9 Å². The summed E-state index contributed by atoms with van der Waals surface area (Å²) in [5.74, 6) is -0.841. The number of rotatable bonds is 4. The number of halogens is 1. The first-order chi connectivity index (χ1) is 14.5. The molecule has 1 aromatic heterocycles. The van der Waals surface area contributed by atoms with Gasteiger partial charge in [0.2, 0.25) is 0 Å². The van der Waals surface area contributed by atoms with Gasteiger partial charge in [-0.1, -0.05) is 6.07 Å². The molecule has 1 aliphatic heterocycles. The van der Waals surface area contributed by atoms with Gasteiger partial charge in [-0.3, -0.25) is 9.59 Å². The summed E-state index contributed by atoms with van der Waals surface area (Å²) < 4.78 is 10.5. The summed E-state index contributed by atoms with van der Waals surface area (Å²) in [4.78, 5) is 38.8. The maximum atomic E-state index is 13.1. The molecule has 0 spiro atoms. The second-order valence-electron chi connectivity index (χ2n) is 6.68. The Morgan fingerprint density at radius 3 is 2.63 bits per heavy atom. The Bertz CT molecular complexity index is 1150. The fourth-order valence-corrected chi connectivity index (χ4v) is 3.68. The molecule has 7 nitrogen and oxygen atoms in total. The SMILES string of the molecule is COC(=O)c1ccc2c(c1)CCN2C(=O)c1cccc(NC(=O)c2ccc(Br)o2)c1. The van der Waals surface area contributed by atoms with Crippen molar-refractivity contribution in [2.45, 2.75) is 6.42 Å². The van der Waals surface area contributed by atoms with Crippen LogP contribution in [0.3, 0.4) is 0 Å². The van der Waals surface area contributed by atoms with Crippen LogP contribution in [0.5, 0.6) is 0 Å². The zero-order valence-electron chi connectivity index (χ0n) is 16.0. The Morgan fingerprint density at radius 2 is 1.90 bits per heavy atom. The van der Waals surface area contributed by atoms with Crippen molar-refractivity contribution in [2.24, 2.45) is 0 Å². The van der Waals surface area contributed by atoms with Crippen LogP contribution in [0.1, 0.15) is 36.8 Å². The molecule has 152 valence electrons. The fraction of sp³-hybridized carbons (Fsp3) is 0.136. The number of amides is 2. The molecule has 1 N–H and O–H groups in total. The van der Waals surface area contributed by atoms with Crippen LogP contribution in [0.2, 0.25) is 0 Å². The van der Waals surface area contributed by atoms with Gasteiger partial charge in [0.25, 0.3) is 11.8 Å². The lowest BCUT2D eigenvalue weighted by atomic mass is 10.1. The second kappa shape index (κ2) is 8.16. The summed E-state index contributed by atoms with van der Waals surface area (Å²) in [7, 11) is 1.34. The number of methoxy groups -OCH3 is 1. The molecule has 0 atom stereocenters. The largest absolute Gasteiger partial charge is 0.465 e. The summed E-state index contributed by atoms with van der Waals surface area (Å²) in [6, 6.07) is 15.1. The quantitative estimate of drug-likeness (QED) is 0.577. The van der Waals surface area contributed by atoms with E-state index in [4.69, 9.17) is 9.15 Å². The number of anilines is 2. The number of hydrogen-bond donors (Lipinski definition) is 1. The van der Waals surface area contributed by atoms with E-state index in [2.05, 4.69) is 21.2 Å². The highest BCUT2D eigenvalue weighted by molar-refractivity contribution is 9.10. The van der Waals surface area contributed by atoms with Gasteiger partial charge in [0.1, 0.15) is 0 Å². The summed E-state index contributed by atoms with van der Waals surface area (Å²) in [5.41, 5.74) is 3.07. The molecule has 3 aromatic rings. The van der Waals surface area contributed by atoms with Crippen LogP contribution < -0.4 is 10.2 Å². The normalized spacial score (nSPS) is 12.4. The monoisotopic (exact) mass is 468 g/mol. The average molecular weight is 469 g/mol. The number of nitrogens with one attached hydrogen (secondary N) is 1. The van der Waals surface area contributed by atoms with Crippen LogP contribution >= 0.6 is 15.9 Å². The van der Waals surface area contributed by atoms with Crippen molar-refractivity contribution in [1.29, 1.82) is 0 Å². The molecule has 0 unspecified atom stereocenters. The van der Waals surface area contributed by atoms with Crippen molar-refractivity contribution in [1.82, 2.24) is 0 Å². The summed E-state index contributed by atoms with van der Waals surface area (Å²) in [6.45, 7) is 0.510. The third kappa shape index (κ3) is 3.86. The topological polar surface area (TPSA) is 88.9 Å². The van der Waals surface area contributed by atoms with E-state index in [-0.39, 0.29) is 11.7 Å². The number of nitrogens with zero attached hydrogens (tertiary/aromatic N) is 1. The zero-order chi connectivity index (χ0) is 21.3. The molecular formula is C22H17BrN2O5. The van der Waals surface area contributed by atoms with Gasteiger partial charge in [-0.25, -0.2) is 4.79 Å². The Kier molecular flexibility index (Phi) is 5.41. The van der Waals surface area contributed by atoms with Crippen molar-refractivity contribution in [2.75, 3.05) is 23.9 Å². The lowest BCUT2D eigenvalue weighted by Gasteiger charge is -2.18. The van der Waals surface area contributed by atoms with Gasteiger partial charge in [-0.2, -0.15) is 0 Å². The zero-order valence-corrected chi connectivity index (χ0v) is 17.6. The van der Waals surface area contributed by atoms with Crippen LogP contribution in [-0.4, -0.2) is 31.4 Å². The number of hydrogen-bond acceptors (Lipinski definition) is 5. The Labute approximate surface area is 180 Å². The van der Waals surface area contributed by atoms with Crippen molar-refractivity contribution in [3.05, 3.63) is 81.7 Å². The third-order valence-electron chi connectivity index (χ3n) is 4.81. The van der Waals surface area contributed by atoms with Gasteiger partial charge < -0.3 is 19.4 Å². The van der Waals surface area contributed by atoms with Crippen LogP contribution in [-0.2, 0) is 11.2 Å². The standard InChI is InChI=1S/C22H17BrN2O5/c1-29-22(28)15-5-6-17-13(11-15)9-10-25(17)21(27)14-3-2-4-16(12-14)24-20(26)18-7-8-19(23)30-18/h2-8,11-12H,9-10H2,1H3,(H,24,26). The maximum Gasteiger partial charge on any atom is 0.337 e. The Hall–Kier alpha value is -3.39. The third-order valence-corrected chi connectivity index (χ3v) is 5.23. The van der Waals surface area contributed by atoms with E-state index in [1.807, 2.05) is 0 Å². The first kappa shape index (κ1) is 19.9. The summed E-state index contributed by atoms with van der Waals surface area (Å²) >= 11 is 3.16. The van der Waals surface area contributed by atoms with Crippen LogP contribution in [0, 0.1) is 0 Å². The number of benzene rings is 2. The highest BCUT2D eigenvalue weighted by Crippen LogP contribution is 2.31. The fourth-order valence-electron chi connectivity index (χ4n) is 3.37. The van der Waals surface area contributed by atoms with E-state index in [1.165, 1.54) is 7.11 Å². The maximum absolute atomic E-state index is 13.1. The van der Waals surface area contributed by atoms with E-state index in [1.54, 1.807) is 59.5 Å². The Morgan fingerprint density at radius 1 is 1.07 bits per heavy atom. The minimum absolute atomic E-state index is 0.161. The molecule has 0 bridgehead atoms. The van der Waals surface area contributed by atoms with E-state index in [0.29, 0.717) is 34.4 Å². The number of esters is 1. The highest BCUT2D eigenvalue weighted by Gasteiger charge is 2.26. The van der Waals surface area contributed by atoms with Gasteiger partial charge in [-0.05, 0) is 76.4 Å². The number of ether oxygens (including phenoxy) is 1. The molecule has 8 heteroatoms. The summed E-state index contributed by atoms with van der Waals surface area (Å²) in [5, 5.41) is 2.73. The molecule has 0 saturated heterocycles. The van der Waals surface area contributed by atoms with Crippen molar-refractivity contribution in [3.8, 4) is 0 Å². The van der Waals surface area contributed by atoms with Gasteiger partial charge >= 0.3 is 5.97 Å². The molecule has 0 saturated carbocycles. The molecular weight excluding hydrogens is 452 g/mol. The number of fused-ring (bicyclic) bond motifs is 1. The van der Waals surface area contributed by atoms with Crippen molar-refractivity contribution >= 4 is 45.1 Å².